The molecular weight excluding hydrogens is 383 g/mol. The predicted octanol–water partition coefficient (Wildman–Crippen LogP) is 1.86. The van der Waals surface area contributed by atoms with Crippen LogP contribution >= 0.6 is 0 Å². The van der Waals surface area contributed by atoms with Gasteiger partial charge in [0, 0.05) is 17.2 Å². The molecule has 4 rings (SSSR count). The van der Waals surface area contributed by atoms with Gasteiger partial charge in [-0.25, -0.2) is 14.1 Å². The van der Waals surface area contributed by atoms with E-state index in [-0.39, 0.29) is 23.7 Å². The Morgan fingerprint density at radius 3 is 2.31 bits per heavy atom. The van der Waals surface area contributed by atoms with E-state index < -0.39 is 35.5 Å². The number of methoxy groups -OCH3 is 1. The summed E-state index contributed by atoms with van der Waals surface area (Å²) in [6.07, 6.45) is 2.56. The van der Waals surface area contributed by atoms with Gasteiger partial charge in [-0.15, -0.1) is 0 Å². The Morgan fingerprint density at radius 2 is 1.72 bits per heavy atom. The molecule has 152 valence electrons. The third kappa shape index (κ3) is 2.88. The second kappa shape index (κ2) is 6.98. The monoisotopic (exact) mass is 402 g/mol. The minimum absolute atomic E-state index is 0.0402. The second-order valence-electron chi connectivity index (χ2n) is 7.13. The number of rotatable bonds is 3. The number of benzene rings is 1. The normalized spacial score (nSPS) is 19.8. The fourth-order valence-electron chi connectivity index (χ4n) is 4.01. The fraction of sp³-hybridized carbons (Fsp3) is 0.400. The number of hydrogen-bond donors (Lipinski definition) is 0. The van der Waals surface area contributed by atoms with Crippen molar-refractivity contribution in [2.75, 3.05) is 23.5 Å². The molecule has 1 aromatic carbocycles. The quantitative estimate of drug-likeness (QED) is 0.566. The van der Waals surface area contributed by atoms with Gasteiger partial charge in [0.25, 0.3) is 17.7 Å². The molecule has 29 heavy (non-hydrogen) atoms. The van der Waals surface area contributed by atoms with E-state index in [0.29, 0.717) is 24.0 Å². The topological polar surface area (TPSA) is 93.2 Å². The van der Waals surface area contributed by atoms with E-state index in [1.54, 1.807) is 0 Å². The van der Waals surface area contributed by atoms with Gasteiger partial charge in [0.1, 0.15) is 11.8 Å². The zero-order valence-corrected chi connectivity index (χ0v) is 16.0. The van der Waals surface area contributed by atoms with E-state index in [0.717, 1.165) is 28.7 Å². The summed E-state index contributed by atoms with van der Waals surface area (Å²) in [5.74, 6) is -3.06. The van der Waals surface area contributed by atoms with Crippen LogP contribution in [0.4, 0.5) is 15.8 Å². The third-order valence-corrected chi connectivity index (χ3v) is 5.47. The van der Waals surface area contributed by atoms with E-state index >= 15 is 0 Å². The smallest absolute Gasteiger partial charge is 0.328 e. The molecule has 0 fully saturated rings. The van der Waals surface area contributed by atoms with Crippen molar-refractivity contribution in [1.82, 2.24) is 0 Å². The van der Waals surface area contributed by atoms with Gasteiger partial charge in [0.05, 0.1) is 18.5 Å². The Labute approximate surface area is 165 Å². The molecule has 0 spiro atoms. The van der Waals surface area contributed by atoms with Crippen molar-refractivity contribution in [3.8, 4) is 5.75 Å². The molecule has 3 amide bonds. The van der Waals surface area contributed by atoms with Crippen LogP contribution in [-0.2, 0) is 23.9 Å². The molecule has 1 aromatic rings. The first-order chi connectivity index (χ1) is 13.8. The number of amides is 3. The zero-order chi connectivity index (χ0) is 20.9. The molecule has 0 saturated heterocycles. The Hall–Kier alpha value is -3.23. The van der Waals surface area contributed by atoms with Crippen LogP contribution in [0.2, 0.25) is 0 Å². The summed E-state index contributed by atoms with van der Waals surface area (Å²) in [6, 6.07) is 1.23. The first kappa shape index (κ1) is 19.1. The van der Waals surface area contributed by atoms with Crippen LogP contribution in [0.1, 0.15) is 32.6 Å². The fourth-order valence-corrected chi connectivity index (χ4v) is 4.01. The molecule has 3 aliphatic rings. The minimum atomic E-state index is -0.996. The minimum Gasteiger partial charge on any atom is -0.481 e. The average molecular weight is 402 g/mol. The van der Waals surface area contributed by atoms with Crippen molar-refractivity contribution in [3.05, 3.63) is 29.1 Å². The maximum atomic E-state index is 14.9. The highest BCUT2D eigenvalue weighted by Gasteiger charge is 2.42. The van der Waals surface area contributed by atoms with Crippen molar-refractivity contribution >= 4 is 35.1 Å². The first-order valence-electron chi connectivity index (χ1n) is 9.32. The van der Waals surface area contributed by atoms with E-state index in [1.165, 1.54) is 20.1 Å². The number of anilines is 2. The summed E-state index contributed by atoms with van der Waals surface area (Å²) >= 11 is 0. The lowest BCUT2D eigenvalue weighted by atomic mass is 9.93. The summed E-state index contributed by atoms with van der Waals surface area (Å²) in [5.41, 5.74) is 0.672. The Morgan fingerprint density at radius 1 is 1.10 bits per heavy atom. The summed E-state index contributed by atoms with van der Waals surface area (Å²) in [6.45, 7) is 1.10. The van der Waals surface area contributed by atoms with Gasteiger partial charge in [-0.05, 0) is 38.7 Å². The molecule has 0 radical (unpaired) electrons. The van der Waals surface area contributed by atoms with Crippen LogP contribution in [0.25, 0.3) is 0 Å². The molecule has 0 N–H and O–H groups in total. The van der Waals surface area contributed by atoms with Crippen LogP contribution in [0.5, 0.6) is 5.75 Å². The lowest BCUT2D eigenvalue weighted by Gasteiger charge is -2.33. The maximum Gasteiger partial charge on any atom is 0.328 e. The van der Waals surface area contributed by atoms with Crippen LogP contribution in [0.3, 0.4) is 0 Å². The molecule has 2 heterocycles. The number of esters is 1. The number of imide groups is 1. The van der Waals surface area contributed by atoms with E-state index in [4.69, 9.17) is 9.47 Å². The van der Waals surface area contributed by atoms with E-state index in [2.05, 4.69) is 0 Å². The average Bonchev–Trinajstić information content (AvgIpc) is 2.97. The van der Waals surface area contributed by atoms with Gasteiger partial charge < -0.3 is 9.47 Å². The zero-order valence-electron chi connectivity index (χ0n) is 16.0. The number of nitrogens with zero attached hydrogens (tertiary/aromatic N) is 2. The molecule has 0 saturated carbocycles. The van der Waals surface area contributed by atoms with Crippen molar-refractivity contribution in [2.24, 2.45) is 0 Å². The second-order valence-corrected chi connectivity index (χ2v) is 7.13. The predicted molar refractivity (Wildman–Crippen MR) is 98.8 cm³/mol. The van der Waals surface area contributed by atoms with Crippen LogP contribution < -0.4 is 14.5 Å². The molecule has 0 bridgehead atoms. The molecule has 8 nitrogen and oxygen atoms in total. The highest BCUT2D eigenvalue weighted by molar-refractivity contribution is 6.33. The summed E-state index contributed by atoms with van der Waals surface area (Å²) in [7, 11) is 1.19. The van der Waals surface area contributed by atoms with Crippen molar-refractivity contribution < 1.29 is 33.0 Å². The lowest BCUT2D eigenvalue weighted by molar-refractivity contribution is -0.143. The van der Waals surface area contributed by atoms with Crippen molar-refractivity contribution in [1.29, 1.82) is 0 Å². The van der Waals surface area contributed by atoms with E-state index in [9.17, 15) is 23.6 Å². The van der Waals surface area contributed by atoms with Crippen LogP contribution in [0, 0.1) is 5.82 Å². The van der Waals surface area contributed by atoms with Gasteiger partial charge in [-0.1, -0.05) is 0 Å². The number of fused-ring (bicyclic) bond motifs is 1. The molecule has 1 aliphatic carbocycles. The number of carbonyl (C=O) groups is 4. The molecule has 1 atom stereocenters. The van der Waals surface area contributed by atoms with Gasteiger partial charge in [-0.3, -0.25) is 19.3 Å². The Bertz CT molecular complexity index is 957. The molecular formula is C20H19FN2O6. The van der Waals surface area contributed by atoms with Crippen LogP contribution in [0.15, 0.2) is 23.3 Å². The Kier molecular flexibility index (Phi) is 4.60. The van der Waals surface area contributed by atoms with Crippen LogP contribution in [-0.4, -0.2) is 43.4 Å². The molecule has 1 unspecified atom stereocenters. The molecule has 0 aromatic heterocycles. The largest absolute Gasteiger partial charge is 0.481 e. The standard InChI is InChI=1S/C20H19FN2O6/c1-10(20(27)28-2)22-15-8-14(13(21)7-16(15)29-9-17(22)24)23-18(25)11-5-3-4-6-12(11)19(23)26/h7-8,10H,3-6,9H2,1-2H3. The lowest BCUT2D eigenvalue weighted by Crippen LogP contribution is -2.48. The van der Waals surface area contributed by atoms with Gasteiger partial charge in [-0.2, -0.15) is 0 Å². The van der Waals surface area contributed by atoms with Gasteiger partial charge in [0.2, 0.25) is 0 Å². The van der Waals surface area contributed by atoms with Crippen molar-refractivity contribution in [2.45, 2.75) is 38.6 Å². The molecule has 2 aliphatic heterocycles. The van der Waals surface area contributed by atoms with E-state index in [1.807, 2.05) is 0 Å². The third-order valence-electron chi connectivity index (χ3n) is 5.47. The number of hydrogen-bond acceptors (Lipinski definition) is 6. The SMILES string of the molecule is COC(=O)C(C)N1C(=O)COc2cc(F)c(N3C(=O)C4=C(CCCC4)C3=O)cc21. The number of halogens is 1. The summed E-state index contributed by atoms with van der Waals surface area (Å²) in [5, 5.41) is 0. The van der Waals surface area contributed by atoms with Gasteiger partial charge >= 0.3 is 5.97 Å². The Balaban J connectivity index is 1.79. The first-order valence-corrected chi connectivity index (χ1v) is 9.32. The number of carbonyl (C=O) groups excluding carboxylic acids is 4. The highest BCUT2D eigenvalue weighted by atomic mass is 19.1. The van der Waals surface area contributed by atoms with Crippen molar-refractivity contribution in [3.63, 3.8) is 0 Å². The summed E-state index contributed by atoms with van der Waals surface area (Å²) in [4.78, 5) is 51.9. The molecule has 9 heteroatoms. The maximum absolute atomic E-state index is 14.9. The summed E-state index contributed by atoms with van der Waals surface area (Å²) < 4.78 is 24.9. The number of ether oxygens (including phenoxy) is 2. The highest BCUT2D eigenvalue weighted by Crippen LogP contribution is 2.42. The van der Waals surface area contributed by atoms with Gasteiger partial charge in [0.15, 0.2) is 12.4 Å².